The fourth-order valence-electron chi connectivity index (χ4n) is 6.94. The lowest BCUT2D eigenvalue weighted by molar-refractivity contribution is 0.596. The van der Waals surface area contributed by atoms with E-state index >= 15 is 0 Å². The molecule has 4 unspecified atom stereocenters. The van der Waals surface area contributed by atoms with Crippen LogP contribution >= 0.6 is 0 Å². The first kappa shape index (κ1) is 16.4. The number of fused-ring (bicyclic) bond motifs is 6. The summed E-state index contributed by atoms with van der Waals surface area (Å²) < 4.78 is 0. The highest BCUT2D eigenvalue weighted by atomic mass is 14.9. The predicted octanol–water partition coefficient (Wildman–Crippen LogP) is 6.93. The molecular weight excluding hydrogens is 352 g/mol. The van der Waals surface area contributed by atoms with E-state index in [0.717, 1.165) is 23.7 Å². The maximum absolute atomic E-state index is 4.74. The van der Waals surface area contributed by atoms with E-state index in [0.29, 0.717) is 5.92 Å². The maximum Gasteiger partial charge on any atom is 0.109 e. The van der Waals surface area contributed by atoms with Crippen molar-refractivity contribution in [2.45, 2.75) is 63.2 Å². The van der Waals surface area contributed by atoms with E-state index in [1.807, 2.05) is 6.20 Å². The van der Waals surface area contributed by atoms with Crippen LogP contribution in [0.3, 0.4) is 0 Å². The van der Waals surface area contributed by atoms with Crippen molar-refractivity contribution in [3.05, 3.63) is 65.1 Å². The Bertz CT molecular complexity index is 1100. The number of nitrogens with one attached hydrogen (secondary N) is 1. The van der Waals surface area contributed by atoms with Gasteiger partial charge in [0.1, 0.15) is 5.82 Å². The zero-order valence-corrected chi connectivity index (χ0v) is 17.1. The van der Waals surface area contributed by atoms with Crippen LogP contribution in [0.15, 0.2) is 42.6 Å². The van der Waals surface area contributed by atoms with Crippen LogP contribution < -0.4 is 0 Å². The molecule has 2 bridgehead atoms. The first-order chi connectivity index (χ1) is 14.2. The number of benzene rings is 2. The average Bonchev–Trinajstić information content (AvgIpc) is 3.28. The Labute approximate surface area is 172 Å². The van der Waals surface area contributed by atoms with Gasteiger partial charge in [-0.1, -0.05) is 36.4 Å². The zero-order valence-electron chi connectivity index (χ0n) is 17.1. The monoisotopic (exact) mass is 380 g/mol. The first-order valence-electron chi connectivity index (χ1n) is 11.5. The van der Waals surface area contributed by atoms with Gasteiger partial charge in [-0.3, -0.25) is 0 Å². The van der Waals surface area contributed by atoms with Gasteiger partial charge < -0.3 is 4.98 Å². The third kappa shape index (κ3) is 2.44. The number of imidazole rings is 1. The molecule has 7 rings (SSSR count). The Morgan fingerprint density at radius 2 is 1.48 bits per heavy atom. The lowest BCUT2D eigenvalue weighted by Crippen LogP contribution is -2.02. The van der Waals surface area contributed by atoms with Crippen molar-refractivity contribution < 1.29 is 0 Å². The highest BCUT2D eigenvalue weighted by Crippen LogP contribution is 2.57. The number of rotatable bonds is 3. The molecule has 0 spiro atoms. The summed E-state index contributed by atoms with van der Waals surface area (Å²) in [5, 5.41) is 0. The molecule has 2 nitrogen and oxygen atoms in total. The summed E-state index contributed by atoms with van der Waals surface area (Å²) in [5.74, 6) is 5.48. The van der Waals surface area contributed by atoms with Crippen LogP contribution in [0.1, 0.15) is 78.8 Å². The first-order valence-corrected chi connectivity index (χ1v) is 11.5. The number of aromatic amines is 1. The summed E-state index contributed by atoms with van der Waals surface area (Å²) in [6.45, 7) is 2.30. The smallest absolute Gasteiger partial charge is 0.109 e. The van der Waals surface area contributed by atoms with Gasteiger partial charge in [0.05, 0.1) is 11.9 Å². The van der Waals surface area contributed by atoms with Crippen molar-refractivity contribution in [3.8, 4) is 22.4 Å². The third-order valence-electron chi connectivity index (χ3n) is 8.49. The molecule has 4 atom stereocenters. The molecule has 2 heteroatoms. The quantitative estimate of drug-likeness (QED) is 0.524. The summed E-state index contributed by atoms with van der Waals surface area (Å²) >= 11 is 0. The van der Waals surface area contributed by atoms with Crippen molar-refractivity contribution in [3.63, 3.8) is 0 Å². The van der Waals surface area contributed by atoms with Crippen molar-refractivity contribution in [1.29, 1.82) is 0 Å². The zero-order chi connectivity index (χ0) is 19.1. The Kier molecular flexibility index (Phi) is 3.31. The van der Waals surface area contributed by atoms with E-state index in [9.17, 15) is 0 Å². The molecule has 0 saturated heterocycles. The summed E-state index contributed by atoms with van der Waals surface area (Å²) in [7, 11) is 0. The van der Waals surface area contributed by atoms with E-state index in [-0.39, 0.29) is 0 Å². The van der Waals surface area contributed by atoms with Crippen LogP contribution in [0.2, 0.25) is 0 Å². The van der Waals surface area contributed by atoms with E-state index < -0.39 is 0 Å². The molecule has 1 aromatic heterocycles. The Hall–Kier alpha value is -2.35. The maximum atomic E-state index is 4.74. The standard InChI is InChI=1S/C27H28N2/c1-15-2-9-23(26-19-8-7-18(10-19)25(15)26)16-3-5-17(6-4-16)24-14-28-27(29-24)22-12-20-11-21(20)13-22/h2-6,9,14,18-22H,7-8,10-13H2,1H3,(H,28,29). The lowest BCUT2D eigenvalue weighted by atomic mass is 9.83. The van der Waals surface area contributed by atoms with Gasteiger partial charge in [-0.15, -0.1) is 0 Å². The molecule has 4 aliphatic rings. The fraction of sp³-hybridized carbons (Fsp3) is 0.444. The van der Waals surface area contributed by atoms with Gasteiger partial charge in [-0.25, -0.2) is 4.98 Å². The van der Waals surface area contributed by atoms with Gasteiger partial charge in [0.2, 0.25) is 0 Å². The number of hydrogen-bond donors (Lipinski definition) is 1. The predicted molar refractivity (Wildman–Crippen MR) is 117 cm³/mol. The van der Waals surface area contributed by atoms with Crippen LogP contribution in [-0.2, 0) is 0 Å². The second kappa shape index (κ2) is 5.84. The van der Waals surface area contributed by atoms with E-state index in [2.05, 4.69) is 48.3 Å². The molecule has 1 heterocycles. The number of aromatic nitrogens is 2. The molecule has 3 aromatic rings. The van der Waals surface area contributed by atoms with E-state index in [1.54, 1.807) is 11.1 Å². The molecule has 0 amide bonds. The van der Waals surface area contributed by atoms with Gasteiger partial charge in [-0.2, -0.15) is 0 Å². The van der Waals surface area contributed by atoms with Gasteiger partial charge in [0, 0.05) is 5.92 Å². The molecule has 1 N–H and O–H groups in total. The molecule has 4 aliphatic carbocycles. The molecule has 2 aromatic carbocycles. The highest BCUT2D eigenvalue weighted by molar-refractivity contribution is 5.75. The molecule has 29 heavy (non-hydrogen) atoms. The number of nitrogens with zero attached hydrogens (tertiary/aromatic N) is 1. The SMILES string of the molecule is Cc1ccc(-c2ccc(-c3cnc(C4CC5CC5C4)[nH]3)cc2)c2c1C1CCC2C1. The molecule has 146 valence electrons. The summed E-state index contributed by atoms with van der Waals surface area (Å²) in [4.78, 5) is 8.37. The van der Waals surface area contributed by atoms with E-state index in [4.69, 9.17) is 4.98 Å². The molecule has 0 aliphatic heterocycles. The summed E-state index contributed by atoms with van der Waals surface area (Å²) in [6, 6.07) is 13.9. The van der Waals surface area contributed by atoms with Gasteiger partial charge >= 0.3 is 0 Å². The van der Waals surface area contributed by atoms with Crippen LogP contribution in [-0.4, -0.2) is 9.97 Å². The topological polar surface area (TPSA) is 28.7 Å². The van der Waals surface area contributed by atoms with Gasteiger partial charge in [0.15, 0.2) is 0 Å². The van der Waals surface area contributed by atoms with E-state index in [1.165, 1.54) is 72.3 Å². The normalized spacial score (nSPS) is 31.1. The van der Waals surface area contributed by atoms with Crippen molar-refractivity contribution in [1.82, 2.24) is 9.97 Å². The van der Waals surface area contributed by atoms with Crippen LogP contribution in [0.4, 0.5) is 0 Å². The number of aryl methyl sites for hydroxylation is 1. The molecule has 0 radical (unpaired) electrons. The Morgan fingerprint density at radius 3 is 2.28 bits per heavy atom. The van der Waals surface area contributed by atoms with Crippen molar-refractivity contribution in [2.75, 3.05) is 0 Å². The van der Waals surface area contributed by atoms with Crippen molar-refractivity contribution >= 4 is 0 Å². The Morgan fingerprint density at radius 1 is 0.759 bits per heavy atom. The molecule has 3 saturated carbocycles. The number of hydrogen-bond acceptors (Lipinski definition) is 1. The van der Waals surface area contributed by atoms with Crippen LogP contribution in [0.25, 0.3) is 22.4 Å². The minimum atomic E-state index is 0.664. The van der Waals surface area contributed by atoms with Crippen LogP contribution in [0, 0.1) is 18.8 Å². The highest BCUT2D eigenvalue weighted by Gasteiger charge is 2.47. The molecule has 3 fully saturated rings. The van der Waals surface area contributed by atoms with Gasteiger partial charge in [0.25, 0.3) is 0 Å². The minimum Gasteiger partial charge on any atom is -0.342 e. The third-order valence-corrected chi connectivity index (χ3v) is 8.49. The summed E-state index contributed by atoms with van der Waals surface area (Å²) in [6.07, 6.45) is 10.4. The lowest BCUT2D eigenvalue weighted by Gasteiger charge is -2.21. The summed E-state index contributed by atoms with van der Waals surface area (Å²) in [5.41, 5.74) is 10.1. The minimum absolute atomic E-state index is 0.664. The molecular formula is C27H28N2. The second-order valence-corrected chi connectivity index (χ2v) is 10.1. The fourth-order valence-corrected chi connectivity index (χ4v) is 6.94. The Balaban J connectivity index is 1.20. The second-order valence-electron chi connectivity index (χ2n) is 10.1. The van der Waals surface area contributed by atoms with Gasteiger partial charge in [-0.05, 0) is 103 Å². The average molecular weight is 381 g/mol. The van der Waals surface area contributed by atoms with Crippen molar-refractivity contribution in [2.24, 2.45) is 11.8 Å². The number of H-pyrrole nitrogens is 1. The largest absolute Gasteiger partial charge is 0.342 e. The van der Waals surface area contributed by atoms with Crippen LogP contribution in [0.5, 0.6) is 0 Å².